The normalized spacial score (nSPS) is 47.1. The van der Waals surface area contributed by atoms with Crippen LogP contribution in [0.5, 0.6) is 0 Å². The van der Waals surface area contributed by atoms with E-state index in [1.54, 1.807) is 0 Å². The Balaban J connectivity index is 1.72. The molecule has 4 fully saturated rings. The molecule has 4 aliphatic rings. The van der Waals surface area contributed by atoms with E-state index in [1.807, 2.05) is 0 Å². The Morgan fingerprint density at radius 1 is 1.13 bits per heavy atom. The topological polar surface area (TPSA) is 29.1 Å². The fraction of sp³-hybridized carbons (Fsp3) is 0.846. The van der Waals surface area contributed by atoms with Crippen LogP contribution in [-0.2, 0) is 4.79 Å². The first-order valence-corrected chi connectivity index (χ1v) is 6.25. The Morgan fingerprint density at radius 2 is 1.60 bits per heavy atom. The Kier molecular flexibility index (Phi) is 2.17. The minimum Gasteiger partial charge on any atom is -0.304 e. The molecule has 0 aliphatic heterocycles. The maximum atomic E-state index is 11.0. The summed E-state index contributed by atoms with van der Waals surface area (Å²) in [6.45, 7) is 3.93. The van der Waals surface area contributed by atoms with Gasteiger partial charge in [-0.15, -0.1) is 0 Å². The van der Waals surface area contributed by atoms with Crippen LogP contribution in [0.3, 0.4) is 0 Å². The van der Waals surface area contributed by atoms with Gasteiger partial charge in [-0.1, -0.05) is 0 Å². The first-order chi connectivity index (χ1) is 7.15. The number of carbonyl (C=O) groups is 1. The molecule has 4 aliphatic carbocycles. The van der Waals surface area contributed by atoms with Gasteiger partial charge in [0.25, 0.3) is 0 Å². The van der Waals surface area contributed by atoms with E-state index in [0.717, 1.165) is 17.8 Å². The molecule has 0 saturated heterocycles. The second-order valence-corrected chi connectivity index (χ2v) is 6.09. The van der Waals surface area contributed by atoms with Crippen molar-refractivity contribution in [2.24, 2.45) is 17.8 Å². The summed E-state index contributed by atoms with van der Waals surface area (Å²) < 4.78 is 0. The average molecular weight is 206 g/mol. The van der Waals surface area contributed by atoms with Gasteiger partial charge in [0.05, 0.1) is 6.54 Å². The van der Waals surface area contributed by atoms with Crippen molar-refractivity contribution < 1.29 is 4.79 Å². The lowest BCUT2D eigenvalue weighted by atomic mass is 9.53. The molecule has 4 bridgehead atoms. The van der Waals surface area contributed by atoms with Crippen molar-refractivity contribution >= 4 is 5.78 Å². The second kappa shape index (κ2) is 3.31. The molecule has 0 heterocycles. The molecule has 0 aromatic carbocycles. The first-order valence-electron chi connectivity index (χ1n) is 6.25. The SMILES string of the molecule is [CH2]C(=O)CNC12CC3CC(CC(C3)C1)C2. The molecule has 4 rings (SSSR count). The summed E-state index contributed by atoms with van der Waals surface area (Å²) in [5, 5.41) is 3.51. The van der Waals surface area contributed by atoms with Crippen LogP contribution in [0.1, 0.15) is 38.5 Å². The van der Waals surface area contributed by atoms with Crippen molar-refractivity contribution in [2.45, 2.75) is 44.1 Å². The molecule has 1 N–H and O–H groups in total. The summed E-state index contributed by atoms with van der Waals surface area (Å²) in [4.78, 5) is 11.0. The third kappa shape index (κ3) is 1.73. The highest BCUT2D eigenvalue weighted by Crippen LogP contribution is 2.55. The number of carbonyl (C=O) groups excluding carboxylic acids is 1. The molecule has 2 heteroatoms. The highest BCUT2D eigenvalue weighted by atomic mass is 16.1. The summed E-state index contributed by atoms with van der Waals surface area (Å²) in [5.74, 6) is 2.88. The van der Waals surface area contributed by atoms with Gasteiger partial charge in [0.15, 0.2) is 0 Å². The minimum atomic E-state index is 0.0331. The Morgan fingerprint density at radius 3 is 2.00 bits per heavy atom. The van der Waals surface area contributed by atoms with Crippen LogP contribution in [0.2, 0.25) is 0 Å². The van der Waals surface area contributed by atoms with Gasteiger partial charge in [0, 0.05) is 12.5 Å². The molecular formula is C13H20NO. The molecule has 0 spiro atoms. The lowest BCUT2D eigenvalue weighted by Crippen LogP contribution is -2.59. The number of rotatable bonds is 3. The molecule has 4 saturated carbocycles. The lowest BCUT2D eigenvalue weighted by molar-refractivity contribution is -0.115. The van der Waals surface area contributed by atoms with Crippen LogP contribution in [0, 0.1) is 24.7 Å². The summed E-state index contributed by atoms with van der Waals surface area (Å²) >= 11 is 0. The molecule has 0 aromatic heterocycles. The second-order valence-electron chi connectivity index (χ2n) is 6.09. The number of ketones is 1. The largest absolute Gasteiger partial charge is 0.304 e. The van der Waals surface area contributed by atoms with Gasteiger partial charge < -0.3 is 5.32 Å². The monoisotopic (exact) mass is 206 g/mol. The molecule has 83 valence electrons. The van der Waals surface area contributed by atoms with Gasteiger partial charge in [-0.2, -0.15) is 0 Å². The van der Waals surface area contributed by atoms with E-state index in [1.165, 1.54) is 38.5 Å². The van der Waals surface area contributed by atoms with Gasteiger partial charge in [0.1, 0.15) is 5.78 Å². The maximum Gasteiger partial charge on any atom is 0.147 e. The maximum absolute atomic E-state index is 11.0. The molecule has 1 radical (unpaired) electrons. The standard InChI is InChI=1S/C13H20NO/c1-9(15)8-14-13-5-10-2-11(6-13)4-12(3-10)7-13/h10-12,14H,1-8H2. The summed E-state index contributed by atoms with van der Waals surface area (Å²) in [6.07, 6.45) is 8.31. The highest BCUT2D eigenvalue weighted by Gasteiger charge is 2.50. The van der Waals surface area contributed by atoms with E-state index in [2.05, 4.69) is 12.2 Å². The van der Waals surface area contributed by atoms with Gasteiger partial charge in [0.2, 0.25) is 0 Å². The summed E-state index contributed by atoms with van der Waals surface area (Å²) in [5.41, 5.74) is 0.322. The third-order valence-electron chi connectivity index (χ3n) is 4.70. The predicted octanol–water partition coefficient (Wildman–Crippen LogP) is 1.95. The van der Waals surface area contributed by atoms with Crippen LogP contribution in [0.15, 0.2) is 0 Å². The molecular weight excluding hydrogens is 186 g/mol. The molecule has 0 aromatic rings. The van der Waals surface area contributed by atoms with Crippen molar-refractivity contribution in [3.05, 3.63) is 6.92 Å². The zero-order valence-electron chi connectivity index (χ0n) is 9.30. The van der Waals surface area contributed by atoms with E-state index in [0.29, 0.717) is 12.1 Å². The Hall–Kier alpha value is -0.370. The van der Waals surface area contributed by atoms with Gasteiger partial charge in [-0.3, -0.25) is 4.79 Å². The zero-order valence-corrected chi connectivity index (χ0v) is 9.30. The molecule has 2 nitrogen and oxygen atoms in total. The van der Waals surface area contributed by atoms with Crippen molar-refractivity contribution in [2.75, 3.05) is 6.54 Å². The zero-order chi connectivity index (χ0) is 10.5. The third-order valence-corrected chi connectivity index (χ3v) is 4.70. The Labute approximate surface area is 91.8 Å². The van der Waals surface area contributed by atoms with Crippen molar-refractivity contribution in [3.8, 4) is 0 Å². The number of Topliss-reactive ketones (excluding diaryl/α,β-unsaturated/α-hetero) is 1. The van der Waals surface area contributed by atoms with E-state index >= 15 is 0 Å². The van der Waals surface area contributed by atoms with E-state index in [9.17, 15) is 4.79 Å². The van der Waals surface area contributed by atoms with E-state index < -0.39 is 0 Å². The molecule has 0 amide bonds. The molecule has 0 atom stereocenters. The smallest absolute Gasteiger partial charge is 0.147 e. The molecule has 15 heavy (non-hydrogen) atoms. The highest BCUT2D eigenvalue weighted by molar-refractivity contribution is 5.84. The lowest BCUT2D eigenvalue weighted by Gasteiger charge is -2.57. The summed E-state index contributed by atoms with van der Waals surface area (Å²) in [6, 6.07) is 0. The summed E-state index contributed by atoms with van der Waals surface area (Å²) in [7, 11) is 0. The Bertz CT molecular complexity index is 249. The van der Waals surface area contributed by atoms with Crippen LogP contribution in [0.25, 0.3) is 0 Å². The first kappa shape index (κ1) is 9.83. The molecule has 0 unspecified atom stereocenters. The van der Waals surface area contributed by atoms with Crippen molar-refractivity contribution in [1.29, 1.82) is 0 Å². The van der Waals surface area contributed by atoms with Crippen LogP contribution in [0.4, 0.5) is 0 Å². The van der Waals surface area contributed by atoms with Crippen LogP contribution >= 0.6 is 0 Å². The van der Waals surface area contributed by atoms with Gasteiger partial charge >= 0.3 is 0 Å². The van der Waals surface area contributed by atoms with Crippen molar-refractivity contribution in [1.82, 2.24) is 5.32 Å². The van der Waals surface area contributed by atoms with Crippen LogP contribution in [-0.4, -0.2) is 17.9 Å². The number of hydrogen-bond acceptors (Lipinski definition) is 2. The fourth-order valence-electron chi connectivity index (χ4n) is 4.61. The quantitative estimate of drug-likeness (QED) is 0.764. The fourth-order valence-corrected chi connectivity index (χ4v) is 4.61. The van der Waals surface area contributed by atoms with Gasteiger partial charge in [-0.25, -0.2) is 0 Å². The number of hydrogen-bond donors (Lipinski definition) is 1. The average Bonchev–Trinajstić information content (AvgIpc) is 2.12. The van der Waals surface area contributed by atoms with E-state index in [-0.39, 0.29) is 5.78 Å². The van der Waals surface area contributed by atoms with Crippen LogP contribution < -0.4 is 5.32 Å². The predicted molar refractivity (Wildman–Crippen MR) is 59.3 cm³/mol. The van der Waals surface area contributed by atoms with E-state index in [4.69, 9.17) is 0 Å². The van der Waals surface area contributed by atoms with Gasteiger partial charge in [-0.05, 0) is 56.3 Å². The minimum absolute atomic E-state index is 0.0331. The number of nitrogens with one attached hydrogen (secondary N) is 1. The van der Waals surface area contributed by atoms with Crippen molar-refractivity contribution in [3.63, 3.8) is 0 Å².